The topological polar surface area (TPSA) is 38.5 Å². The molecule has 2 saturated carbocycles. The highest BCUT2D eigenvalue weighted by atomic mass is 16.5. The molecule has 1 heterocycles. The van der Waals surface area contributed by atoms with Gasteiger partial charge in [-0.15, -0.1) is 0 Å². The summed E-state index contributed by atoms with van der Waals surface area (Å²) in [6.07, 6.45) is 12.6. The molecular weight excluding hydrogens is 248 g/mol. The van der Waals surface area contributed by atoms with Crippen LogP contribution >= 0.6 is 0 Å². The molecule has 0 aromatic heterocycles. The summed E-state index contributed by atoms with van der Waals surface area (Å²) in [6.45, 7) is 2.85. The first-order valence-corrected chi connectivity index (χ1v) is 8.76. The Hall–Kier alpha value is -0.120. The third-order valence-electron chi connectivity index (χ3n) is 6.09. The molecule has 2 aliphatic carbocycles. The van der Waals surface area contributed by atoms with Gasteiger partial charge in [-0.25, -0.2) is 0 Å². The van der Waals surface area contributed by atoms with Crippen LogP contribution in [-0.4, -0.2) is 43.3 Å². The van der Waals surface area contributed by atoms with Crippen molar-refractivity contribution in [2.45, 2.75) is 69.4 Å². The van der Waals surface area contributed by atoms with Crippen LogP contribution in [0.1, 0.15) is 57.8 Å². The standard InChI is InChI=1S/C17H32N2O/c1-19(12-16-6-2-3-10-20-16)17(13-18)9-4-5-15(11-17)14-7-8-14/h14-16H,2-13,18H2,1H3. The molecule has 0 spiro atoms. The molecular formula is C17H32N2O. The van der Waals surface area contributed by atoms with Crippen LogP contribution in [0.2, 0.25) is 0 Å². The Labute approximate surface area is 124 Å². The fourth-order valence-electron chi connectivity index (χ4n) is 4.49. The summed E-state index contributed by atoms with van der Waals surface area (Å²) in [5.74, 6) is 1.97. The Morgan fingerprint density at radius 1 is 1.10 bits per heavy atom. The van der Waals surface area contributed by atoms with E-state index in [1.165, 1.54) is 57.8 Å². The summed E-state index contributed by atoms with van der Waals surface area (Å²) < 4.78 is 5.93. The summed E-state index contributed by atoms with van der Waals surface area (Å²) in [6, 6.07) is 0. The SMILES string of the molecule is CN(CC1CCCCO1)C1(CN)CCCC(C2CC2)C1. The second-order valence-corrected chi connectivity index (χ2v) is 7.49. The molecule has 3 atom stereocenters. The molecule has 0 aromatic rings. The Balaban J connectivity index is 1.60. The number of nitrogens with two attached hydrogens (primary N) is 1. The Kier molecular flexibility index (Phi) is 4.68. The number of likely N-dealkylation sites (N-methyl/N-ethyl adjacent to an activating group) is 1. The normalized spacial score (nSPS) is 39.1. The number of nitrogens with zero attached hydrogens (tertiary/aromatic N) is 1. The van der Waals surface area contributed by atoms with Crippen molar-refractivity contribution in [3.05, 3.63) is 0 Å². The number of hydrogen-bond donors (Lipinski definition) is 1. The lowest BCUT2D eigenvalue weighted by Gasteiger charge is -2.48. The van der Waals surface area contributed by atoms with Crippen molar-refractivity contribution >= 4 is 0 Å². The van der Waals surface area contributed by atoms with E-state index in [1.54, 1.807) is 0 Å². The zero-order valence-corrected chi connectivity index (χ0v) is 13.2. The van der Waals surface area contributed by atoms with Gasteiger partial charge < -0.3 is 10.5 Å². The van der Waals surface area contributed by atoms with E-state index in [1.807, 2.05) is 0 Å². The Bertz CT molecular complexity index is 312. The number of hydrogen-bond acceptors (Lipinski definition) is 3. The molecule has 0 amide bonds. The second-order valence-electron chi connectivity index (χ2n) is 7.49. The van der Waals surface area contributed by atoms with Crippen molar-refractivity contribution < 1.29 is 4.74 Å². The highest BCUT2D eigenvalue weighted by Crippen LogP contribution is 2.47. The third-order valence-corrected chi connectivity index (χ3v) is 6.09. The molecule has 3 aliphatic rings. The summed E-state index contributed by atoms with van der Waals surface area (Å²) in [4.78, 5) is 2.57. The van der Waals surface area contributed by atoms with Crippen LogP contribution in [0.15, 0.2) is 0 Å². The van der Waals surface area contributed by atoms with Gasteiger partial charge in [0.2, 0.25) is 0 Å². The van der Waals surface area contributed by atoms with Crippen molar-refractivity contribution in [1.82, 2.24) is 4.90 Å². The molecule has 3 nitrogen and oxygen atoms in total. The van der Waals surface area contributed by atoms with Crippen LogP contribution in [-0.2, 0) is 4.74 Å². The first-order chi connectivity index (χ1) is 9.73. The zero-order chi connectivity index (χ0) is 14.0. The molecule has 1 aliphatic heterocycles. The first-order valence-electron chi connectivity index (χ1n) is 8.76. The van der Waals surface area contributed by atoms with Gasteiger partial charge in [-0.05, 0) is 63.8 Å². The van der Waals surface area contributed by atoms with Crippen molar-refractivity contribution in [2.75, 3.05) is 26.7 Å². The average Bonchev–Trinajstić information content (AvgIpc) is 3.33. The summed E-state index contributed by atoms with van der Waals surface area (Å²) >= 11 is 0. The predicted octanol–water partition coefficient (Wildman–Crippen LogP) is 2.79. The van der Waals surface area contributed by atoms with E-state index < -0.39 is 0 Å². The van der Waals surface area contributed by atoms with Crippen LogP contribution < -0.4 is 5.73 Å². The molecule has 116 valence electrons. The fourth-order valence-corrected chi connectivity index (χ4v) is 4.49. The van der Waals surface area contributed by atoms with E-state index in [0.29, 0.717) is 6.10 Å². The van der Waals surface area contributed by atoms with E-state index in [9.17, 15) is 0 Å². The van der Waals surface area contributed by atoms with Gasteiger partial charge in [0.05, 0.1) is 6.10 Å². The van der Waals surface area contributed by atoms with Crippen molar-refractivity contribution in [3.63, 3.8) is 0 Å². The van der Waals surface area contributed by atoms with E-state index in [-0.39, 0.29) is 5.54 Å². The summed E-state index contributed by atoms with van der Waals surface area (Å²) in [5, 5.41) is 0. The minimum absolute atomic E-state index is 0.256. The first kappa shape index (κ1) is 14.8. The molecule has 3 fully saturated rings. The monoisotopic (exact) mass is 280 g/mol. The number of rotatable bonds is 5. The van der Waals surface area contributed by atoms with Gasteiger partial charge in [0.1, 0.15) is 0 Å². The molecule has 1 saturated heterocycles. The van der Waals surface area contributed by atoms with Crippen LogP contribution in [0.25, 0.3) is 0 Å². The van der Waals surface area contributed by atoms with Crippen LogP contribution in [0, 0.1) is 11.8 Å². The largest absolute Gasteiger partial charge is 0.377 e. The van der Waals surface area contributed by atoms with Crippen LogP contribution in [0.3, 0.4) is 0 Å². The van der Waals surface area contributed by atoms with Gasteiger partial charge in [-0.2, -0.15) is 0 Å². The zero-order valence-electron chi connectivity index (χ0n) is 13.2. The Morgan fingerprint density at radius 2 is 1.95 bits per heavy atom. The van der Waals surface area contributed by atoms with E-state index in [4.69, 9.17) is 10.5 Å². The highest BCUT2D eigenvalue weighted by Gasteiger charge is 2.43. The van der Waals surface area contributed by atoms with Crippen molar-refractivity contribution in [2.24, 2.45) is 17.6 Å². The maximum atomic E-state index is 6.24. The van der Waals surface area contributed by atoms with Gasteiger partial charge in [0.25, 0.3) is 0 Å². The maximum Gasteiger partial charge on any atom is 0.0702 e. The van der Waals surface area contributed by atoms with Crippen LogP contribution in [0.4, 0.5) is 0 Å². The Morgan fingerprint density at radius 3 is 2.60 bits per heavy atom. The number of ether oxygens (including phenoxy) is 1. The van der Waals surface area contributed by atoms with Crippen molar-refractivity contribution in [3.8, 4) is 0 Å². The molecule has 0 radical (unpaired) electrons. The molecule has 0 bridgehead atoms. The lowest BCUT2D eigenvalue weighted by atomic mass is 9.73. The lowest BCUT2D eigenvalue weighted by molar-refractivity contribution is -0.0357. The molecule has 0 aromatic carbocycles. The van der Waals surface area contributed by atoms with Gasteiger partial charge in [0.15, 0.2) is 0 Å². The minimum atomic E-state index is 0.256. The molecule has 3 rings (SSSR count). The third kappa shape index (κ3) is 3.20. The molecule has 20 heavy (non-hydrogen) atoms. The molecule has 3 unspecified atom stereocenters. The predicted molar refractivity (Wildman–Crippen MR) is 82.7 cm³/mol. The van der Waals surface area contributed by atoms with Crippen molar-refractivity contribution in [1.29, 1.82) is 0 Å². The minimum Gasteiger partial charge on any atom is -0.377 e. The van der Waals surface area contributed by atoms with Gasteiger partial charge in [0, 0.05) is 25.2 Å². The van der Waals surface area contributed by atoms with Crippen LogP contribution in [0.5, 0.6) is 0 Å². The summed E-state index contributed by atoms with van der Waals surface area (Å²) in [5.41, 5.74) is 6.50. The van der Waals surface area contributed by atoms with Gasteiger partial charge in [-0.3, -0.25) is 4.90 Å². The second kappa shape index (κ2) is 6.33. The lowest BCUT2D eigenvalue weighted by Crippen LogP contribution is -2.57. The summed E-state index contributed by atoms with van der Waals surface area (Å²) in [7, 11) is 2.29. The maximum absolute atomic E-state index is 6.24. The van der Waals surface area contributed by atoms with E-state index in [0.717, 1.165) is 31.5 Å². The smallest absolute Gasteiger partial charge is 0.0702 e. The fraction of sp³-hybridized carbons (Fsp3) is 1.00. The highest BCUT2D eigenvalue weighted by molar-refractivity contribution is 4.99. The van der Waals surface area contributed by atoms with E-state index in [2.05, 4.69) is 11.9 Å². The van der Waals surface area contributed by atoms with E-state index >= 15 is 0 Å². The average molecular weight is 280 g/mol. The van der Waals surface area contributed by atoms with Gasteiger partial charge >= 0.3 is 0 Å². The van der Waals surface area contributed by atoms with Gasteiger partial charge in [-0.1, -0.05) is 12.8 Å². The quantitative estimate of drug-likeness (QED) is 0.841. The molecule has 3 heteroatoms. The molecule has 2 N–H and O–H groups in total.